The molecule has 0 heteroatoms. The highest BCUT2D eigenvalue weighted by Crippen LogP contribution is 2.15. The van der Waals surface area contributed by atoms with Crippen LogP contribution in [0.1, 0.15) is 25.0 Å². The highest BCUT2D eigenvalue weighted by molar-refractivity contribution is 5.58. The lowest BCUT2D eigenvalue weighted by molar-refractivity contribution is 1.32. The van der Waals surface area contributed by atoms with Gasteiger partial charge in [0.05, 0.1) is 0 Å². The number of allylic oxidation sites excluding steroid dienone is 1. The van der Waals surface area contributed by atoms with E-state index in [-0.39, 0.29) is 0 Å². The Morgan fingerprint density at radius 1 is 1.18 bits per heavy atom. The van der Waals surface area contributed by atoms with Crippen molar-refractivity contribution in [3.8, 4) is 0 Å². The molecule has 0 saturated heterocycles. The van der Waals surface area contributed by atoms with Crippen LogP contribution in [-0.2, 0) is 6.42 Å². The first kappa shape index (κ1) is 7.88. The molecule has 0 N–H and O–H groups in total. The molecule has 0 amide bonds. The molecule has 0 unspecified atom stereocenters. The van der Waals surface area contributed by atoms with E-state index in [4.69, 9.17) is 0 Å². The SMILES string of the molecule is CC.c1cc2c(cc#1)CC=C2. The molecule has 0 fully saturated rings. The van der Waals surface area contributed by atoms with Crippen LogP contribution in [0.5, 0.6) is 0 Å². The van der Waals surface area contributed by atoms with Crippen molar-refractivity contribution in [1.29, 1.82) is 0 Å². The van der Waals surface area contributed by atoms with Crippen LogP contribution in [0, 0.1) is 12.1 Å². The number of rotatable bonds is 0. The zero-order valence-electron chi connectivity index (χ0n) is 7.02. The maximum Gasteiger partial charge on any atom is -0.00397 e. The van der Waals surface area contributed by atoms with Gasteiger partial charge in [-0.2, -0.15) is 0 Å². The molecule has 1 aliphatic carbocycles. The van der Waals surface area contributed by atoms with Gasteiger partial charge >= 0.3 is 0 Å². The number of hydrogen-bond acceptors (Lipinski definition) is 0. The van der Waals surface area contributed by atoms with E-state index >= 15 is 0 Å². The maximum absolute atomic E-state index is 2.93. The quantitative estimate of drug-likeness (QED) is 0.525. The highest BCUT2D eigenvalue weighted by atomic mass is 14.0. The van der Waals surface area contributed by atoms with Gasteiger partial charge < -0.3 is 0 Å². The van der Waals surface area contributed by atoms with Gasteiger partial charge in [0.2, 0.25) is 0 Å². The average molecular weight is 144 g/mol. The van der Waals surface area contributed by atoms with Gasteiger partial charge in [-0.1, -0.05) is 38.1 Å². The summed E-state index contributed by atoms with van der Waals surface area (Å²) in [4.78, 5) is 0. The molecule has 0 atom stereocenters. The van der Waals surface area contributed by atoms with Gasteiger partial charge in [0.25, 0.3) is 0 Å². The van der Waals surface area contributed by atoms with Crippen LogP contribution >= 0.6 is 0 Å². The summed E-state index contributed by atoms with van der Waals surface area (Å²) in [7, 11) is 0. The molecule has 0 aliphatic heterocycles. The van der Waals surface area contributed by atoms with Gasteiger partial charge in [-0.15, -0.1) is 0 Å². The standard InChI is InChI=1S/C9H6.C2H6/c1-2-5-9-7-3-6-8(9)4-1;1-2/h3-6H,7H2;1-2H3. The fraction of sp³-hybridized carbons (Fsp3) is 0.273. The zero-order chi connectivity index (χ0) is 8.10. The van der Waals surface area contributed by atoms with Crippen molar-refractivity contribution in [2.24, 2.45) is 0 Å². The van der Waals surface area contributed by atoms with Crippen LogP contribution in [0.25, 0.3) is 6.08 Å². The van der Waals surface area contributed by atoms with Gasteiger partial charge in [-0.25, -0.2) is 0 Å². The molecule has 1 aromatic rings. The van der Waals surface area contributed by atoms with Crippen LogP contribution in [0.15, 0.2) is 18.2 Å². The van der Waals surface area contributed by atoms with E-state index in [1.807, 2.05) is 26.0 Å². The van der Waals surface area contributed by atoms with E-state index in [0.29, 0.717) is 0 Å². The van der Waals surface area contributed by atoms with Crippen molar-refractivity contribution in [2.45, 2.75) is 20.3 Å². The second-order valence-electron chi connectivity index (χ2n) is 2.16. The van der Waals surface area contributed by atoms with E-state index in [0.717, 1.165) is 6.42 Å². The van der Waals surface area contributed by atoms with Crippen molar-refractivity contribution in [1.82, 2.24) is 0 Å². The van der Waals surface area contributed by atoms with Crippen LogP contribution < -0.4 is 0 Å². The third-order valence-corrected chi connectivity index (χ3v) is 1.56. The van der Waals surface area contributed by atoms with E-state index in [1.54, 1.807) is 0 Å². The minimum absolute atomic E-state index is 1.07. The summed E-state index contributed by atoms with van der Waals surface area (Å²) in [5.74, 6) is 0. The Hall–Kier alpha value is -1.22. The number of hydrogen-bond donors (Lipinski definition) is 0. The topological polar surface area (TPSA) is 0 Å². The molecule has 0 aromatic heterocycles. The Morgan fingerprint density at radius 2 is 1.91 bits per heavy atom. The predicted molar refractivity (Wildman–Crippen MR) is 48.2 cm³/mol. The fourth-order valence-electron chi connectivity index (χ4n) is 1.07. The third-order valence-electron chi connectivity index (χ3n) is 1.56. The zero-order valence-corrected chi connectivity index (χ0v) is 7.02. The van der Waals surface area contributed by atoms with Crippen molar-refractivity contribution in [2.75, 3.05) is 0 Å². The second-order valence-corrected chi connectivity index (χ2v) is 2.16. The molecule has 0 nitrogen and oxygen atoms in total. The second kappa shape index (κ2) is 3.83. The van der Waals surface area contributed by atoms with Gasteiger partial charge in [0, 0.05) is 0 Å². The summed E-state index contributed by atoms with van der Waals surface area (Å²) < 4.78 is 0. The Bertz CT molecular complexity index is 246. The van der Waals surface area contributed by atoms with E-state index in [2.05, 4.69) is 24.3 Å². The minimum atomic E-state index is 1.07. The lowest BCUT2D eigenvalue weighted by atomic mass is 10.1. The summed E-state index contributed by atoms with van der Waals surface area (Å²) >= 11 is 0. The molecule has 56 valence electrons. The van der Waals surface area contributed by atoms with E-state index in [9.17, 15) is 0 Å². The average Bonchev–Trinajstić information content (AvgIpc) is 2.55. The summed E-state index contributed by atoms with van der Waals surface area (Å²) in [6, 6.07) is 9.81. The molecule has 0 saturated carbocycles. The largest absolute Gasteiger partial charge is 0.0795 e. The van der Waals surface area contributed by atoms with Crippen LogP contribution in [-0.4, -0.2) is 0 Å². The van der Waals surface area contributed by atoms with E-state index < -0.39 is 0 Å². The fourth-order valence-corrected chi connectivity index (χ4v) is 1.07. The van der Waals surface area contributed by atoms with Gasteiger partial charge in [-0.3, -0.25) is 0 Å². The Labute approximate surface area is 68.6 Å². The molecule has 0 radical (unpaired) electrons. The molecule has 0 heterocycles. The molecular formula is C11H12. The maximum atomic E-state index is 2.93. The monoisotopic (exact) mass is 144 g/mol. The first-order chi connectivity index (χ1) is 5.47. The predicted octanol–water partition coefficient (Wildman–Crippen LogP) is 2.88. The first-order valence-electron chi connectivity index (χ1n) is 4.04. The molecule has 11 heavy (non-hydrogen) atoms. The van der Waals surface area contributed by atoms with Crippen LogP contribution in [0.2, 0.25) is 0 Å². The summed E-state index contributed by atoms with van der Waals surface area (Å²) in [6.45, 7) is 4.00. The van der Waals surface area contributed by atoms with E-state index in [1.165, 1.54) is 11.1 Å². The minimum Gasteiger partial charge on any atom is -0.0795 e. The first-order valence-corrected chi connectivity index (χ1v) is 4.04. The van der Waals surface area contributed by atoms with Crippen molar-refractivity contribution >= 4 is 6.08 Å². The third kappa shape index (κ3) is 1.62. The van der Waals surface area contributed by atoms with Gasteiger partial charge in [0.1, 0.15) is 0 Å². The number of fused-ring (bicyclic) bond motifs is 1. The normalized spacial score (nSPS) is 11.1. The molecule has 1 aliphatic rings. The Balaban J connectivity index is 0.000000281. The van der Waals surface area contributed by atoms with Crippen molar-refractivity contribution in [3.05, 3.63) is 41.5 Å². The summed E-state index contributed by atoms with van der Waals surface area (Å²) in [5, 5.41) is 0. The molecular weight excluding hydrogens is 132 g/mol. The molecule has 1 aromatic carbocycles. The molecule has 0 spiro atoms. The summed E-state index contributed by atoms with van der Waals surface area (Å²) in [6.07, 6.45) is 5.35. The molecule has 0 bridgehead atoms. The Kier molecular flexibility index (Phi) is 2.74. The Morgan fingerprint density at radius 3 is 2.64 bits per heavy atom. The lowest BCUT2D eigenvalue weighted by Crippen LogP contribution is -1.75. The van der Waals surface area contributed by atoms with Crippen LogP contribution in [0.3, 0.4) is 0 Å². The van der Waals surface area contributed by atoms with Gasteiger partial charge in [-0.05, 0) is 29.7 Å². The lowest BCUT2D eigenvalue weighted by Gasteiger charge is -1.89. The highest BCUT2D eigenvalue weighted by Gasteiger charge is 2.00. The summed E-state index contributed by atoms with van der Waals surface area (Å²) in [5.41, 5.74) is 2.67. The van der Waals surface area contributed by atoms with Crippen molar-refractivity contribution in [3.63, 3.8) is 0 Å². The van der Waals surface area contributed by atoms with Gasteiger partial charge in [0.15, 0.2) is 0 Å². The molecule has 2 rings (SSSR count). The van der Waals surface area contributed by atoms with Crippen molar-refractivity contribution < 1.29 is 0 Å². The van der Waals surface area contributed by atoms with Crippen LogP contribution in [0.4, 0.5) is 0 Å². The smallest absolute Gasteiger partial charge is 0.00397 e.